The van der Waals surface area contributed by atoms with Gasteiger partial charge in [-0.15, -0.1) is 0 Å². The van der Waals surface area contributed by atoms with Crippen LogP contribution >= 0.6 is 0 Å². The Balaban J connectivity index is 2.21. The van der Waals surface area contributed by atoms with Crippen LogP contribution in [0.1, 0.15) is 30.5 Å². The van der Waals surface area contributed by atoms with Gasteiger partial charge in [-0.1, -0.05) is 19.1 Å². The summed E-state index contributed by atoms with van der Waals surface area (Å²) in [4.78, 5) is 22.6. The second-order valence-electron chi connectivity index (χ2n) is 5.10. The molecule has 0 saturated carbocycles. The van der Waals surface area contributed by atoms with Crippen molar-refractivity contribution in [2.45, 2.75) is 33.2 Å². The van der Waals surface area contributed by atoms with E-state index in [1.54, 1.807) is 0 Å². The smallest absolute Gasteiger partial charge is 0.307 e. The van der Waals surface area contributed by atoms with Gasteiger partial charge in [0.25, 0.3) is 0 Å². The van der Waals surface area contributed by atoms with Crippen LogP contribution in [0.2, 0.25) is 0 Å². The molecule has 116 valence electrons. The Morgan fingerprint density at radius 2 is 2.18 bits per heavy atom. The number of rotatable bonds is 5. The number of benzene rings is 1. The lowest BCUT2D eigenvalue weighted by atomic mass is 10.1. The first-order valence-electron chi connectivity index (χ1n) is 6.99. The van der Waals surface area contributed by atoms with Crippen molar-refractivity contribution in [1.82, 2.24) is 9.78 Å². The molecule has 1 aromatic heterocycles. The number of aromatic nitrogens is 2. The molecule has 0 aliphatic rings. The van der Waals surface area contributed by atoms with Crippen molar-refractivity contribution in [3.63, 3.8) is 0 Å². The normalized spacial score (nSPS) is 12.0. The van der Waals surface area contributed by atoms with Gasteiger partial charge in [-0.25, -0.2) is 0 Å². The van der Waals surface area contributed by atoms with E-state index in [9.17, 15) is 14.9 Å². The molecule has 1 unspecified atom stereocenters. The van der Waals surface area contributed by atoms with Crippen molar-refractivity contribution < 1.29 is 9.72 Å². The maximum Gasteiger partial charge on any atom is 0.307 e. The van der Waals surface area contributed by atoms with E-state index in [0.29, 0.717) is 6.42 Å². The third kappa shape index (κ3) is 3.13. The van der Waals surface area contributed by atoms with Gasteiger partial charge in [0.1, 0.15) is 18.4 Å². The fraction of sp³-hybridized carbons (Fsp3) is 0.333. The quantitative estimate of drug-likeness (QED) is 0.679. The first-order chi connectivity index (χ1) is 10.4. The zero-order valence-corrected chi connectivity index (χ0v) is 12.7. The number of amides is 1. The molecule has 7 nitrogen and oxygen atoms in total. The number of aryl methyl sites for hydroxylation is 1. The van der Waals surface area contributed by atoms with Gasteiger partial charge >= 0.3 is 5.69 Å². The molecular formula is C15H18N4O3. The largest absolute Gasteiger partial charge is 0.324 e. The van der Waals surface area contributed by atoms with Gasteiger partial charge in [0.2, 0.25) is 5.91 Å². The zero-order valence-electron chi connectivity index (χ0n) is 12.7. The lowest BCUT2D eigenvalue weighted by molar-refractivity contribution is -0.385. The van der Waals surface area contributed by atoms with Crippen LogP contribution in [0.3, 0.4) is 0 Å². The molecule has 2 aromatic rings. The molecule has 0 radical (unpaired) electrons. The van der Waals surface area contributed by atoms with Gasteiger partial charge in [0.15, 0.2) is 0 Å². The van der Waals surface area contributed by atoms with Gasteiger partial charge in [-0.3, -0.25) is 19.6 Å². The molecule has 1 atom stereocenters. The van der Waals surface area contributed by atoms with E-state index < -0.39 is 11.0 Å². The van der Waals surface area contributed by atoms with Crippen LogP contribution in [0.4, 0.5) is 11.4 Å². The minimum Gasteiger partial charge on any atom is -0.324 e. The van der Waals surface area contributed by atoms with Gasteiger partial charge < -0.3 is 5.32 Å². The number of nitro groups is 1. The van der Waals surface area contributed by atoms with Gasteiger partial charge in [0, 0.05) is 5.69 Å². The van der Waals surface area contributed by atoms with Crippen molar-refractivity contribution in [2.24, 2.45) is 0 Å². The lowest BCUT2D eigenvalue weighted by Gasteiger charge is -2.17. The molecular weight excluding hydrogens is 284 g/mol. The van der Waals surface area contributed by atoms with E-state index >= 15 is 0 Å². The number of hydrogen-bond donors (Lipinski definition) is 1. The minimum atomic E-state index is -0.589. The van der Waals surface area contributed by atoms with E-state index in [1.165, 1.54) is 10.9 Å². The Morgan fingerprint density at radius 3 is 2.77 bits per heavy atom. The highest BCUT2D eigenvalue weighted by atomic mass is 16.6. The summed E-state index contributed by atoms with van der Waals surface area (Å²) < 4.78 is 1.33. The van der Waals surface area contributed by atoms with Crippen LogP contribution in [-0.4, -0.2) is 20.6 Å². The van der Waals surface area contributed by atoms with E-state index in [-0.39, 0.29) is 11.6 Å². The summed E-state index contributed by atoms with van der Waals surface area (Å²) in [6.07, 6.45) is 2.90. The van der Waals surface area contributed by atoms with Crippen LogP contribution < -0.4 is 5.32 Å². The molecule has 22 heavy (non-hydrogen) atoms. The fourth-order valence-electron chi connectivity index (χ4n) is 2.19. The summed E-state index contributed by atoms with van der Waals surface area (Å²) in [6, 6.07) is 5.09. The van der Waals surface area contributed by atoms with Crippen molar-refractivity contribution >= 4 is 17.3 Å². The average molecular weight is 302 g/mol. The van der Waals surface area contributed by atoms with E-state index in [4.69, 9.17) is 0 Å². The van der Waals surface area contributed by atoms with Crippen LogP contribution in [0.5, 0.6) is 0 Å². The summed E-state index contributed by atoms with van der Waals surface area (Å²) in [6.45, 7) is 5.74. The molecule has 0 spiro atoms. The molecule has 1 aromatic carbocycles. The van der Waals surface area contributed by atoms with Gasteiger partial charge in [0.05, 0.1) is 4.92 Å². The van der Waals surface area contributed by atoms with Gasteiger partial charge in [-0.05, 0) is 37.5 Å². The van der Waals surface area contributed by atoms with Crippen molar-refractivity contribution in [1.29, 1.82) is 0 Å². The summed E-state index contributed by atoms with van der Waals surface area (Å²) in [5, 5.41) is 17.5. The molecule has 7 heteroatoms. The van der Waals surface area contributed by atoms with Crippen LogP contribution in [0.15, 0.2) is 30.6 Å². The van der Waals surface area contributed by atoms with Crippen molar-refractivity contribution in [3.05, 3.63) is 51.8 Å². The molecule has 1 N–H and O–H groups in total. The Bertz CT molecular complexity index is 709. The molecule has 1 heterocycles. The van der Waals surface area contributed by atoms with E-state index in [2.05, 4.69) is 10.4 Å². The first kappa shape index (κ1) is 15.7. The standard InChI is InChI=1S/C15H18N4O3/c1-4-14(18-9-12(8-16-18)19(21)22)15(20)17-13-7-5-6-10(2)11(13)3/h5-9,14H,4H2,1-3H3,(H,17,20). The zero-order chi connectivity index (χ0) is 16.3. The SMILES string of the molecule is CCC(C(=O)Nc1cccc(C)c1C)n1cc([N+](=O)[O-])cn1. The predicted molar refractivity (Wildman–Crippen MR) is 82.8 cm³/mol. The highest BCUT2D eigenvalue weighted by Crippen LogP contribution is 2.21. The summed E-state index contributed by atoms with van der Waals surface area (Å²) in [7, 11) is 0. The summed E-state index contributed by atoms with van der Waals surface area (Å²) in [5.74, 6) is -0.241. The van der Waals surface area contributed by atoms with Crippen molar-refractivity contribution in [2.75, 3.05) is 5.32 Å². The molecule has 2 rings (SSSR count). The lowest BCUT2D eigenvalue weighted by Crippen LogP contribution is -2.26. The second kappa shape index (κ2) is 6.38. The maximum absolute atomic E-state index is 12.4. The molecule has 0 aliphatic carbocycles. The monoisotopic (exact) mass is 302 g/mol. The number of nitrogens with zero attached hydrogens (tertiary/aromatic N) is 3. The summed E-state index contributed by atoms with van der Waals surface area (Å²) >= 11 is 0. The average Bonchev–Trinajstić information content (AvgIpc) is 2.94. The highest BCUT2D eigenvalue weighted by Gasteiger charge is 2.22. The third-order valence-electron chi connectivity index (χ3n) is 3.67. The Morgan fingerprint density at radius 1 is 1.45 bits per heavy atom. The highest BCUT2D eigenvalue weighted by molar-refractivity contribution is 5.94. The molecule has 1 amide bonds. The fourth-order valence-corrected chi connectivity index (χ4v) is 2.19. The van der Waals surface area contributed by atoms with Crippen molar-refractivity contribution in [3.8, 4) is 0 Å². The number of carbonyl (C=O) groups excluding carboxylic acids is 1. The van der Waals surface area contributed by atoms with Crippen LogP contribution in [0, 0.1) is 24.0 Å². The minimum absolute atomic E-state index is 0.127. The van der Waals surface area contributed by atoms with Crippen LogP contribution in [-0.2, 0) is 4.79 Å². The second-order valence-corrected chi connectivity index (χ2v) is 5.10. The Hall–Kier alpha value is -2.70. The Labute approximate surface area is 128 Å². The topological polar surface area (TPSA) is 90.1 Å². The first-order valence-corrected chi connectivity index (χ1v) is 6.99. The third-order valence-corrected chi connectivity index (χ3v) is 3.67. The molecule has 0 bridgehead atoms. The predicted octanol–water partition coefficient (Wildman–Crippen LogP) is 3.00. The van der Waals surface area contributed by atoms with Crippen LogP contribution in [0.25, 0.3) is 0 Å². The molecule has 0 saturated heterocycles. The molecule has 0 fully saturated rings. The number of anilines is 1. The van der Waals surface area contributed by atoms with Gasteiger partial charge in [-0.2, -0.15) is 5.10 Å². The number of carbonyl (C=O) groups is 1. The number of nitrogens with one attached hydrogen (secondary N) is 1. The maximum atomic E-state index is 12.4. The summed E-state index contributed by atoms with van der Waals surface area (Å²) in [5.41, 5.74) is 2.70. The van der Waals surface area contributed by atoms with E-state index in [0.717, 1.165) is 23.0 Å². The molecule has 0 aliphatic heterocycles. The Kier molecular flexibility index (Phi) is 4.55. The number of hydrogen-bond acceptors (Lipinski definition) is 4. The van der Waals surface area contributed by atoms with E-state index in [1.807, 2.05) is 39.0 Å².